The molecule has 10 rings (SSSR count). The van der Waals surface area contributed by atoms with Gasteiger partial charge in [0.2, 0.25) is 0 Å². The van der Waals surface area contributed by atoms with Crippen molar-refractivity contribution in [2.45, 2.75) is 0 Å². The summed E-state index contributed by atoms with van der Waals surface area (Å²) in [4.78, 5) is 0. The Labute approximate surface area is 253 Å². The van der Waals surface area contributed by atoms with Gasteiger partial charge in [-0.05, 0) is 72.8 Å². The Morgan fingerprint density at radius 3 is 1.50 bits per heavy atom. The minimum Gasteiger partial charge on any atom is -0.309 e. The molecule has 3 aromatic heterocycles. The van der Waals surface area contributed by atoms with Crippen molar-refractivity contribution >= 4 is 66.7 Å². The quantitative estimate of drug-likeness (QED) is 0.191. The van der Waals surface area contributed by atoms with Gasteiger partial charge in [-0.15, -0.1) is 5.73 Å². The molecule has 1 aliphatic carbocycles. The Balaban J connectivity index is 1.31. The van der Waals surface area contributed by atoms with Gasteiger partial charge in [-0.3, -0.25) is 0 Å². The summed E-state index contributed by atoms with van der Waals surface area (Å²) in [6.07, 6.45) is 4.22. The number of nitrogens with zero attached hydrogens (tertiary/aromatic N) is 3. The average Bonchev–Trinajstić information content (AvgIpc) is 3.84. The van der Waals surface area contributed by atoms with Crippen LogP contribution in [0.2, 0.25) is 0 Å². The molecule has 0 atom stereocenters. The molecule has 0 aliphatic heterocycles. The van der Waals surface area contributed by atoms with E-state index in [9.17, 15) is 0 Å². The monoisotopic (exact) mass is 559 g/mol. The smallest absolute Gasteiger partial charge is 0.0624 e. The molecule has 3 nitrogen and oxygen atoms in total. The molecule has 3 heterocycles. The second kappa shape index (κ2) is 8.75. The summed E-state index contributed by atoms with van der Waals surface area (Å²) in [5.74, 6) is 0. The first-order valence-electron chi connectivity index (χ1n) is 15.0. The van der Waals surface area contributed by atoms with Crippen molar-refractivity contribution in [3.05, 3.63) is 157 Å². The van der Waals surface area contributed by atoms with Gasteiger partial charge in [-0.1, -0.05) is 72.8 Å². The van der Waals surface area contributed by atoms with Crippen molar-refractivity contribution in [3.63, 3.8) is 0 Å². The number of hydrogen-bond acceptors (Lipinski definition) is 0. The minimum atomic E-state index is 1.16. The van der Waals surface area contributed by atoms with Gasteiger partial charge < -0.3 is 13.7 Å². The van der Waals surface area contributed by atoms with Crippen LogP contribution in [-0.4, -0.2) is 13.7 Å². The summed E-state index contributed by atoms with van der Waals surface area (Å²) in [5, 5.41) is 6.34. The molecule has 0 N–H and O–H groups in total. The number of fused-ring (bicyclic) bond motifs is 10. The van der Waals surface area contributed by atoms with Crippen molar-refractivity contribution in [1.82, 2.24) is 13.7 Å². The van der Waals surface area contributed by atoms with Gasteiger partial charge >= 0.3 is 0 Å². The first kappa shape index (κ1) is 23.5. The van der Waals surface area contributed by atoms with Crippen LogP contribution in [0.15, 0.2) is 145 Å². The highest BCUT2D eigenvalue weighted by atomic mass is 15.0. The van der Waals surface area contributed by atoms with Gasteiger partial charge in [0.1, 0.15) is 0 Å². The van der Waals surface area contributed by atoms with E-state index in [-0.39, 0.29) is 0 Å². The fraction of sp³-hybridized carbons (Fsp3) is 0. The SMILES string of the molecule is C1=Cc2c(n(-c3ccccc3)c3ccc(-n4c5ccccc5c5c6c7ccccc7n(-c7ccccc7)c6ccc54)cc23)C=1. The summed E-state index contributed by atoms with van der Waals surface area (Å²) < 4.78 is 7.19. The predicted octanol–water partition coefficient (Wildman–Crippen LogP) is 10.5. The van der Waals surface area contributed by atoms with E-state index in [1.54, 1.807) is 0 Å². The average molecular weight is 560 g/mol. The molecular weight excluding hydrogens is 534 g/mol. The minimum absolute atomic E-state index is 1.16. The van der Waals surface area contributed by atoms with Crippen molar-refractivity contribution in [2.24, 2.45) is 0 Å². The standard InChI is InChI=1S/C41H25N3/c1-3-12-27(13-4-1)42-34-21-11-18-30(34)33-26-29(22-23-37(33)42)44-36-20-10-8-17-32(36)41-39(44)25-24-38-40(41)31-16-7-9-19-35(31)43(38)28-14-5-2-6-15-28/h1-10,12-26H. The van der Waals surface area contributed by atoms with Gasteiger partial charge in [-0.25, -0.2) is 0 Å². The molecule has 0 spiro atoms. The number of hydrogen-bond donors (Lipinski definition) is 0. The molecule has 1 aliphatic rings. The van der Waals surface area contributed by atoms with Gasteiger partial charge in [0, 0.05) is 55.6 Å². The van der Waals surface area contributed by atoms with Gasteiger partial charge in [0.05, 0.1) is 33.3 Å². The van der Waals surface area contributed by atoms with Crippen LogP contribution in [0, 0.1) is 0 Å². The maximum absolute atomic E-state index is 3.36. The Kier molecular flexibility index (Phi) is 4.68. The molecule has 44 heavy (non-hydrogen) atoms. The molecule has 3 heteroatoms. The Morgan fingerprint density at radius 1 is 0.364 bits per heavy atom. The highest BCUT2D eigenvalue weighted by Gasteiger charge is 2.22. The lowest BCUT2D eigenvalue weighted by Crippen LogP contribution is -1.97. The maximum atomic E-state index is 3.36. The molecule has 204 valence electrons. The second-order valence-corrected chi connectivity index (χ2v) is 11.5. The zero-order valence-corrected chi connectivity index (χ0v) is 23.8. The van der Waals surface area contributed by atoms with E-state index >= 15 is 0 Å². The summed E-state index contributed by atoms with van der Waals surface area (Å²) >= 11 is 0. The summed E-state index contributed by atoms with van der Waals surface area (Å²) in [6.45, 7) is 0. The third-order valence-electron chi connectivity index (χ3n) is 9.23. The van der Waals surface area contributed by atoms with E-state index in [0.29, 0.717) is 0 Å². The van der Waals surface area contributed by atoms with E-state index in [1.807, 2.05) is 0 Å². The molecule has 0 fully saturated rings. The molecule has 0 radical (unpaired) electrons. The molecule has 6 aromatic carbocycles. The second-order valence-electron chi connectivity index (χ2n) is 11.5. The summed E-state index contributed by atoms with van der Waals surface area (Å²) in [6, 6.07) is 50.4. The van der Waals surface area contributed by atoms with Crippen molar-refractivity contribution in [1.29, 1.82) is 0 Å². The maximum Gasteiger partial charge on any atom is 0.0624 e. The third kappa shape index (κ3) is 3.06. The summed E-state index contributed by atoms with van der Waals surface area (Å²) in [7, 11) is 0. The number of aromatic nitrogens is 3. The summed E-state index contributed by atoms with van der Waals surface area (Å²) in [5.41, 5.74) is 15.3. The normalized spacial score (nSPS) is 12.5. The fourth-order valence-electron chi connectivity index (χ4n) is 7.47. The number of benzene rings is 6. The van der Waals surface area contributed by atoms with Crippen LogP contribution in [0.1, 0.15) is 11.3 Å². The van der Waals surface area contributed by atoms with Gasteiger partial charge in [-0.2, -0.15) is 0 Å². The van der Waals surface area contributed by atoms with Crippen molar-refractivity contribution < 1.29 is 0 Å². The van der Waals surface area contributed by atoms with Crippen molar-refractivity contribution in [3.8, 4) is 17.1 Å². The molecule has 0 saturated heterocycles. The Morgan fingerprint density at radius 2 is 0.864 bits per heavy atom. The van der Waals surface area contributed by atoms with E-state index < -0.39 is 0 Å². The molecule has 0 bridgehead atoms. The molecule has 9 aromatic rings. The van der Waals surface area contributed by atoms with Crippen LogP contribution in [0.4, 0.5) is 0 Å². The van der Waals surface area contributed by atoms with Crippen LogP contribution in [0.25, 0.3) is 83.7 Å². The predicted molar refractivity (Wildman–Crippen MR) is 184 cm³/mol. The number of para-hydroxylation sites is 4. The first-order valence-corrected chi connectivity index (χ1v) is 15.0. The van der Waals surface area contributed by atoms with E-state index in [0.717, 1.165) is 11.4 Å². The third-order valence-corrected chi connectivity index (χ3v) is 9.23. The number of rotatable bonds is 3. The van der Waals surface area contributed by atoms with Crippen molar-refractivity contribution in [2.75, 3.05) is 0 Å². The van der Waals surface area contributed by atoms with E-state index in [1.165, 1.54) is 71.5 Å². The lowest BCUT2D eigenvalue weighted by molar-refractivity contribution is 1.11. The zero-order chi connectivity index (χ0) is 28.8. The van der Waals surface area contributed by atoms with Crippen LogP contribution in [0.3, 0.4) is 0 Å². The van der Waals surface area contributed by atoms with Crippen LogP contribution in [0.5, 0.6) is 0 Å². The highest BCUT2D eigenvalue weighted by Crippen LogP contribution is 2.43. The van der Waals surface area contributed by atoms with Crippen LogP contribution >= 0.6 is 0 Å². The van der Waals surface area contributed by atoms with E-state index in [2.05, 4.69) is 171 Å². The zero-order valence-electron chi connectivity index (χ0n) is 23.8. The first-order chi connectivity index (χ1) is 21.9. The molecule has 0 unspecified atom stereocenters. The van der Waals surface area contributed by atoms with Crippen LogP contribution in [-0.2, 0) is 0 Å². The van der Waals surface area contributed by atoms with Gasteiger partial charge in [0.15, 0.2) is 0 Å². The van der Waals surface area contributed by atoms with E-state index in [4.69, 9.17) is 0 Å². The highest BCUT2D eigenvalue weighted by molar-refractivity contribution is 6.29. The lowest BCUT2D eigenvalue weighted by Gasteiger charge is -2.11. The largest absolute Gasteiger partial charge is 0.309 e. The Bertz CT molecular complexity index is 2670. The molecule has 0 saturated carbocycles. The van der Waals surface area contributed by atoms with Crippen LogP contribution < -0.4 is 0 Å². The fourth-order valence-corrected chi connectivity index (χ4v) is 7.47. The lowest BCUT2D eigenvalue weighted by atomic mass is 10.1. The Hall–Kier alpha value is -6.02. The molecule has 0 amide bonds. The topological polar surface area (TPSA) is 14.8 Å². The van der Waals surface area contributed by atoms with Gasteiger partial charge in [0.25, 0.3) is 0 Å². The molecular formula is C41H25N3.